The molecule has 0 aliphatic heterocycles. The van der Waals surface area contributed by atoms with Crippen LogP contribution in [-0.4, -0.2) is 23.8 Å². The van der Waals surface area contributed by atoms with Crippen LogP contribution in [0.25, 0.3) is 0 Å². The summed E-state index contributed by atoms with van der Waals surface area (Å²) in [6.45, 7) is 8.31. The lowest BCUT2D eigenvalue weighted by molar-refractivity contribution is -0.115. The van der Waals surface area contributed by atoms with Gasteiger partial charge in [0, 0.05) is 12.1 Å². The third kappa shape index (κ3) is 5.55. The monoisotopic (exact) mass is 262 g/mol. The van der Waals surface area contributed by atoms with E-state index in [1.807, 2.05) is 58.0 Å². The molecule has 0 fully saturated rings. The first-order valence-electron chi connectivity index (χ1n) is 6.54. The molecule has 0 radical (unpaired) electrons. The quantitative estimate of drug-likeness (QED) is 0.655. The van der Waals surface area contributed by atoms with E-state index in [-0.39, 0.29) is 5.91 Å². The van der Waals surface area contributed by atoms with Crippen LogP contribution in [0, 0.1) is 0 Å². The SMILES string of the molecule is CCCNC(=O)/C(=N\OC(C)(C)C)c1ccccc1. The van der Waals surface area contributed by atoms with Gasteiger partial charge in [-0.2, -0.15) is 0 Å². The minimum absolute atomic E-state index is 0.211. The Morgan fingerprint density at radius 1 is 1.26 bits per heavy atom. The molecule has 19 heavy (non-hydrogen) atoms. The molecule has 0 saturated carbocycles. The molecule has 4 nitrogen and oxygen atoms in total. The molecular weight excluding hydrogens is 240 g/mol. The minimum atomic E-state index is -0.426. The number of carbonyl (C=O) groups is 1. The van der Waals surface area contributed by atoms with Gasteiger partial charge in [0.15, 0.2) is 5.71 Å². The number of nitrogens with zero attached hydrogens (tertiary/aromatic N) is 1. The lowest BCUT2D eigenvalue weighted by atomic mass is 10.1. The van der Waals surface area contributed by atoms with Gasteiger partial charge in [-0.3, -0.25) is 4.79 Å². The Bertz CT molecular complexity index is 433. The third-order valence-corrected chi connectivity index (χ3v) is 2.21. The van der Waals surface area contributed by atoms with Crippen LogP contribution in [-0.2, 0) is 9.63 Å². The Labute approximate surface area is 114 Å². The third-order valence-electron chi connectivity index (χ3n) is 2.21. The van der Waals surface area contributed by atoms with Crippen molar-refractivity contribution in [2.75, 3.05) is 6.54 Å². The summed E-state index contributed by atoms with van der Waals surface area (Å²) in [5.41, 5.74) is 0.634. The van der Waals surface area contributed by atoms with Crippen molar-refractivity contribution >= 4 is 11.6 Å². The summed E-state index contributed by atoms with van der Waals surface area (Å²) in [6.07, 6.45) is 0.883. The van der Waals surface area contributed by atoms with Crippen LogP contribution in [0.1, 0.15) is 39.7 Å². The van der Waals surface area contributed by atoms with Gasteiger partial charge in [0.1, 0.15) is 5.60 Å². The molecule has 0 aliphatic carbocycles. The van der Waals surface area contributed by atoms with Gasteiger partial charge in [-0.1, -0.05) is 42.4 Å². The zero-order chi connectivity index (χ0) is 14.3. The highest BCUT2D eigenvalue weighted by molar-refractivity contribution is 6.45. The first-order chi connectivity index (χ1) is 8.94. The number of hydrogen-bond acceptors (Lipinski definition) is 3. The molecule has 0 aliphatic rings. The maximum atomic E-state index is 12.1. The van der Waals surface area contributed by atoms with Crippen LogP contribution >= 0.6 is 0 Å². The highest BCUT2D eigenvalue weighted by atomic mass is 16.6. The summed E-state index contributed by atoms with van der Waals surface area (Å²) in [5.74, 6) is -0.211. The van der Waals surface area contributed by atoms with Crippen molar-refractivity contribution < 1.29 is 9.63 Å². The van der Waals surface area contributed by atoms with E-state index in [0.29, 0.717) is 12.3 Å². The van der Waals surface area contributed by atoms with E-state index in [9.17, 15) is 4.79 Å². The second kappa shape index (κ2) is 6.92. The van der Waals surface area contributed by atoms with Crippen LogP contribution < -0.4 is 5.32 Å². The zero-order valence-electron chi connectivity index (χ0n) is 12.1. The van der Waals surface area contributed by atoms with Crippen LogP contribution in [0.4, 0.5) is 0 Å². The van der Waals surface area contributed by atoms with Crippen molar-refractivity contribution in [3.8, 4) is 0 Å². The Balaban J connectivity index is 2.95. The van der Waals surface area contributed by atoms with Gasteiger partial charge in [-0.15, -0.1) is 0 Å². The fourth-order valence-corrected chi connectivity index (χ4v) is 1.33. The molecule has 0 bridgehead atoms. The first kappa shape index (κ1) is 15.2. The van der Waals surface area contributed by atoms with Crippen LogP contribution in [0.2, 0.25) is 0 Å². The van der Waals surface area contributed by atoms with E-state index in [0.717, 1.165) is 12.0 Å². The average molecular weight is 262 g/mol. The Morgan fingerprint density at radius 3 is 2.42 bits per heavy atom. The van der Waals surface area contributed by atoms with Gasteiger partial charge in [0.2, 0.25) is 0 Å². The fourth-order valence-electron chi connectivity index (χ4n) is 1.33. The van der Waals surface area contributed by atoms with Crippen molar-refractivity contribution in [3.63, 3.8) is 0 Å². The second-order valence-electron chi connectivity index (χ2n) is 5.27. The molecule has 1 N–H and O–H groups in total. The predicted octanol–water partition coefficient (Wildman–Crippen LogP) is 2.73. The van der Waals surface area contributed by atoms with Crippen molar-refractivity contribution in [2.24, 2.45) is 5.16 Å². The number of oxime groups is 1. The summed E-state index contributed by atoms with van der Waals surface area (Å²) in [5, 5.41) is 6.84. The van der Waals surface area contributed by atoms with Crippen molar-refractivity contribution in [3.05, 3.63) is 35.9 Å². The normalized spacial score (nSPS) is 12.1. The number of nitrogens with one attached hydrogen (secondary N) is 1. The summed E-state index contributed by atoms with van der Waals surface area (Å²) in [7, 11) is 0. The fraction of sp³-hybridized carbons (Fsp3) is 0.467. The largest absolute Gasteiger partial charge is 0.389 e. The van der Waals surface area contributed by atoms with Crippen molar-refractivity contribution in [2.45, 2.75) is 39.7 Å². The lowest BCUT2D eigenvalue weighted by Crippen LogP contribution is -2.33. The van der Waals surface area contributed by atoms with E-state index in [1.54, 1.807) is 0 Å². The number of amides is 1. The van der Waals surface area contributed by atoms with Crippen molar-refractivity contribution in [1.29, 1.82) is 0 Å². The van der Waals surface area contributed by atoms with E-state index < -0.39 is 5.60 Å². The number of carbonyl (C=O) groups excluding carboxylic acids is 1. The molecule has 1 aromatic carbocycles. The van der Waals surface area contributed by atoms with E-state index in [1.165, 1.54) is 0 Å². The molecule has 4 heteroatoms. The van der Waals surface area contributed by atoms with E-state index >= 15 is 0 Å². The molecular formula is C15H22N2O2. The molecule has 1 aromatic rings. The highest BCUT2D eigenvalue weighted by Gasteiger charge is 2.17. The maximum Gasteiger partial charge on any atom is 0.273 e. The summed E-state index contributed by atoms with van der Waals surface area (Å²) in [6, 6.07) is 9.33. The first-order valence-corrected chi connectivity index (χ1v) is 6.54. The minimum Gasteiger partial charge on any atom is -0.389 e. The van der Waals surface area contributed by atoms with Crippen LogP contribution in [0.3, 0.4) is 0 Å². The number of hydrogen-bond donors (Lipinski definition) is 1. The highest BCUT2D eigenvalue weighted by Crippen LogP contribution is 2.09. The zero-order valence-corrected chi connectivity index (χ0v) is 12.1. The summed E-state index contributed by atoms with van der Waals surface area (Å²) >= 11 is 0. The smallest absolute Gasteiger partial charge is 0.273 e. The molecule has 0 unspecified atom stereocenters. The molecule has 0 heterocycles. The van der Waals surface area contributed by atoms with Crippen molar-refractivity contribution in [1.82, 2.24) is 5.32 Å². The van der Waals surface area contributed by atoms with E-state index in [4.69, 9.17) is 4.84 Å². The summed E-state index contributed by atoms with van der Waals surface area (Å²) < 4.78 is 0. The molecule has 104 valence electrons. The van der Waals surface area contributed by atoms with Gasteiger partial charge in [0.25, 0.3) is 5.91 Å². The van der Waals surface area contributed by atoms with Gasteiger partial charge < -0.3 is 10.2 Å². The standard InChI is InChI=1S/C15H22N2O2/c1-5-11-16-14(18)13(17-19-15(2,3)4)12-9-7-6-8-10-12/h6-10H,5,11H2,1-4H3,(H,16,18)/b17-13-. The topological polar surface area (TPSA) is 50.7 Å². The number of benzene rings is 1. The summed E-state index contributed by atoms with van der Waals surface area (Å²) in [4.78, 5) is 17.5. The molecule has 0 atom stereocenters. The molecule has 1 rings (SSSR count). The Kier molecular flexibility index (Phi) is 5.55. The molecule has 0 saturated heterocycles. The van der Waals surface area contributed by atoms with Gasteiger partial charge in [-0.05, 0) is 27.2 Å². The molecule has 0 aromatic heterocycles. The molecule has 0 spiro atoms. The Morgan fingerprint density at radius 2 is 1.89 bits per heavy atom. The second-order valence-corrected chi connectivity index (χ2v) is 5.27. The van der Waals surface area contributed by atoms with Gasteiger partial charge in [0.05, 0.1) is 0 Å². The lowest BCUT2D eigenvalue weighted by Gasteiger charge is -2.17. The predicted molar refractivity (Wildman–Crippen MR) is 77.1 cm³/mol. The molecule has 1 amide bonds. The number of rotatable bonds is 5. The maximum absolute atomic E-state index is 12.1. The van der Waals surface area contributed by atoms with Crippen LogP contribution in [0.15, 0.2) is 35.5 Å². The average Bonchev–Trinajstić information content (AvgIpc) is 2.36. The van der Waals surface area contributed by atoms with E-state index in [2.05, 4.69) is 10.5 Å². The van der Waals surface area contributed by atoms with Gasteiger partial charge >= 0.3 is 0 Å². The Hall–Kier alpha value is -1.84. The van der Waals surface area contributed by atoms with Crippen LogP contribution in [0.5, 0.6) is 0 Å². The van der Waals surface area contributed by atoms with Gasteiger partial charge in [-0.25, -0.2) is 0 Å².